The van der Waals surface area contributed by atoms with Gasteiger partial charge in [-0.15, -0.1) is 0 Å². The highest BCUT2D eigenvalue weighted by atomic mass is 16.5. The molecule has 2 aromatic carbocycles. The Labute approximate surface area is 231 Å². The van der Waals surface area contributed by atoms with Crippen molar-refractivity contribution in [3.8, 4) is 11.5 Å². The second-order valence-electron chi connectivity index (χ2n) is 10.5. The Bertz CT molecular complexity index is 903. The van der Waals surface area contributed by atoms with Crippen molar-refractivity contribution in [1.82, 2.24) is 0 Å². The first-order valence-electron chi connectivity index (χ1n) is 14.9. The van der Waals surface area contributed by atoms with Crippen LogP contribution in [0, 0.1) is 0 Å². The summed E-state index contributed by atoms with van der Waals surface area (Å²) in [6.45, 7) is 7.26. The minimum Gasteiger partial charge on any atom is -0.494 e. The molecule has 209 valence electrons. The number of carbonyl (C=O) groups excluding carboxylic acids is 2. The van der Waals surface area contributed by atoms with E-state index in [1.165, 1.54) is 64.7 Å². The third-order valence-corrected chi connectivity index (χ3v) is 7.30. The van der Waals surface area contributed by atoms with E-state index in [1.54, 1.807) is 0 Å². The molecule has 2 aromatic rings. The predicted molar refractivity (Wildman–Crippen MR) is 157 cm³/mol. The molecule has 0 spiro atoms. The molecule has 0 fully saturated rings. The molecule has 0 saturated heterocycles. The molecule has 0 N–H and O–H groups in total. The van der Waals surface area contributed by atoms with Crippen LogP contribution < -0.4 is 9.47 Å². The highest BCUT2D eigenvalue weighted by molar-refractivity contribution is 6.03. The van der Waals surface area contributed by atoms with Crippen molar-refractivity contribution in [2.24, 2.45) is 0 Å². The number of rotatable bonds is 22. The molecule has 38 heavy (non-hydrogen) atoms. The van der Waals surface area contributed by atoms with Gasteiger partial charge in [0, 0.05) is 0 Å². The molecule has 0 amide bonds. The first-order valence-corrected chi connectivity index (χ1v) is 14.9. The van der Waals surface area contributed by atoms with E-state index >= 15 is 0 Å². The molecule has 1 atom stereocenters. The molecule has 0 saturated carbocycles. The van der Waals surface area contributed by atoms with Crippen LogP contribution in [0.3, 0.4) is 0 Å². The molecule has 0 heterocycles. The molecule has 4 nitrogen and oxygen atoms in total. The van der Waals surface area contributed by atoms with Crippen LogP contribution >= 0.6 is 0 Å². The van der Waals surface area contributed by atoms with E-state index in [0.29, 0.717) is 18.8 Å². The van der Waals surface area contributed by atoms with E-state index in [1.807, 2.05) is 48.5 Å². The third-order valence-electron chi connectivity index (χ3n) is 7.30. The van der Waals surface area contributed by atoms with Gasteiger partial charge in [-0.05, 0) is 61.6 Å². The topological polar surface area (TPSA) is 52.6 Å². The number of Topliss-reactive ketones (excluding diaryl/α,β-unsaturated/α-hetero) is 1. The monoisotopic (exact) mass is 521 g/mol. The van der Waals surface area contributed by atoms with Crippen molar-refractivity contribution < 1.29 is 19.1 Å². The fourth-order valence-electron chi connectivity index (χ4n) is 4.76. The van der Waals surface area contributed by atoms with Gasteiger partial charge in [-0.1, -0.05) is 109 Å². The number of unbranched alkanes of at least 4 members (excludes halogenated alkanes) is 11. The lowest BCUT2D eigenvalue weighted by atomic mass is 9.74. The van der Waals surface area contributed by atoms with Crippen LogP contribution in [0.4, 0.5) is 0 Å². The molecule has 4 heteroatoms. The average Bonchev–Trinajstić information content (AvgIpc) is 2.94. The van der Waals surface area contributed by atoms with E-state index in [4.69, 9.17) is 9.47 Å². The van der Waals surface area contributed by atoms with Crippen molar-refractivity contribution >= 4 is 12.1 Å². The number of ketones is 1. The van der Waals surface area contributed by atoms with Gasteiger partial charge in [-0.25, -0.2) is 0 Å². The smallest absolute Gasteiger partial charge is 0.218 e. The largest absolute Gasteiger partial charge is 0.494 e. The zero-order chi connectivity index (χ0) is 27.5. The number of ether oxygens (including phenoxy) is 2. The Balaban J connectivity index is 1.83. The minimum atomic E-state index is -1.33. The molecular weight excluding hydrogens is 472 g/mol. The molecule has 1 radical (unpaired) electrons. The summed E-state index contributed by atoms with van der Waals surface area (Å²) in [5.74, 6) is 1.35. The van der Waals surface area contributed by atoms with Crippen LogP contribution in [-0.4, -0.2) is 25.3 Å². The van der Waals surface area contributed by atoms with Gasteiger partial charge in [0.15, 0.2) is 0 Å². The predicted octanol–water partition coefficient (Wildman–Crippen LogP) is 8.73. The molecule has 0 aliphatic rings. The second kappa shape index (κ2) is 18.6. The Morgan fingerprint density at radius 2 is 1.08 bits per heavy atom. The Morgan fingerprint density at radius 1 is 0.658 bits per heavy atom. The Hall–Kier alpha value is -2.62. The van der Waals surface area contributed by atoms with Crippen molar-refractivity contribution in [3.05, 3.63) is 59.7 Å². The molecule has 0 aliphatic carbocycles. The van der Waals surface area contributed by atoms with E-state index in [-0.39, 0.29) is 12.2 Å². The van der Waals surface area contributed by atoms with Gasteiger partial charge in [0.1, 0.15) is 22.7 Å². The first-order chi connectivity index (χ1) is 18.6. The van der Waals surface area contributed by atoms with Gasteiger partial charge >= 0.3 is 0 Å². The van der Waals surface area contributed by atoms with E-state index in [2.05, 4.69) is 20.1 Å². The summed E-state index contributed by atoms with van der Waals surface area (Å²) in [5.41, 5.74) is 0.204. The standard InChI is InChI=1S/C34H49O4/c1-4-6-8-9-10-11-12-13-14-16-26-38-33-23-19-31(20-24-33)34(28-35,29(3)36)27-30-17-21-32(22-18-30)37-25-15-7-5-2/h17-24H,4-16,25-27H2,1-3H3. The van der Waals surface area contributed by atoms with Crippen molar-refractivity contribution in [1.29, 1.82) is 0 Å². The fraction of sp³-hybridized carbons (Fsp3) is 0.588. The summed E-state index contributed by atoms with van der Waals surface area (Å²) in [6, 6.07) is 15.0. The maximum absolute atomic E-state index is 12.7. The summed E-state index contributed by atoms with van der Waals surface area (Å²) in [5, 5.41) is 0. The van der Waals surface area contributed by atoms with Crippen LogP contribution in [0.15, 0.2) is 48.5 Å². The maximum atomic E-state index is 12.7. The van der Waals surface area contributed by atoms with Gasteiger partial charge in [0.05, 0.1) is 13.2 Å². The van der Waals surface area contributed by atoms with Crippen LogP contribution in [0.1, 0.15) is 115 Å². The second-order valence-corrected chi connectivity index (χ2v) is 10.5. The quantitative estimate of drug-likeness (QED) is 0.115. The zero-order valence-corrected chi connectivity index (χ0v) is 24.1. The maximum Gasteiger partial charge on any atom is 0.218 e. The molecule has 1 unspecified atom stereocenters. The van der Waals surface area contributed by atoms with Gasteiger partial charge < -0.3 is 9.47 Å². The minimum absolute atomic E-state index is 0.216. The van der Waals surface area contributed by atoms with E-state index in [0.717, 1.165) is 42.7 Å². The zero-order valence-electron chi connectivity index (χ0n) is 24.1. The summed E-state index contributed by atoms with van der Waals surface area (Å²) in [7, 11) is 0. The van der Waals surface area contributed by atoms with E-state index < -0.39 is 5.41 Å². The highest BCUT2D eigenvalue weighted by Crippen LogP contribution is 2.30. The number of hydrogen-bond acceptors (Lipinski definition) is 4. The Kier molecular flexibility index (Phi) is 15.5. The number of benzene rings is 2. The van der Waals surface area contributed by atoms with Gasteiger partial charge in [0.2, 0.25) is 6.29 Å². The van der Waals surface area contributed by atoms with Gasteiger partial charge in [-0.3, -0.25) is 9.59 Å². The molecular formula is C34H49O4. The van der Waals surface area contributed by atoms with Gasteiger partial charge in [0.25, 0.3) is 0 Å². The molecule has 0 aromatic heterocycles. The SMILES string of the molecule is CCCCCCCCCCCCOc1ccc(C([C]=O)(Cc2ccc(OCCCCC)cc2)C(C)=O)cc1. The normalized spacial score (nSPS) is 12.6. The summed E-state index contributed by atoms with van der Waals surface area (Å²) in [4.78, 5) is 24.9. The van der Waals surface area contributed by atoms with Crippen molar-refractivity contribution in [2.75, 3.05) is 13.2 Å². The van der Waals surface area contributed by atoms with E-state index in [9.17, 15) is 9.59 Å². The third kappa shape index (κ3) is 11.0. The van der Waals surface area contributed by atoms with Crippen LogP contribution in [-0.2, 0) is 21.4 Å². The fourth-order valence-corrected chi connectivity index (χ4v) is 4.76. The summed E-state index contributed by atoms with van der Waals surface area (Å²) < 4.78 is 11.7. The molecule has 0 bridgehead atoms. The Morgan fingerprint density at radius 3 is 1.55 bits per heavy atom. The lowest BCUT2D eigenvalue weighted by molar-refractivity contribution is -0.120. The van der Waals surface area contributed by atoms with Crippen LogP contribution in [0.25, 0.3) is 0 Å². The van der Waals surface area contributed by atoms with Crippen molar-refractivity contribution in [3.63, 3.8) is 0 Å². The number of carbonyl (C=O) groups is 1. The lowest BCUT2D eigenvalue weighted by Crippen LogP contribution is -2.38. The lowest BCUT2D eigenvalue weighted by Gasteiger charge is -2.25. The highest BCUT2D eigenvalue weighted by Gasteiger charge is 2.38. The summed E-state index contributed by atoms with van der Waals surface area (Å²) >= 11 is 0. The van der Waals surface area contributed by atoms with Crippen LogP contribution in [0.5, 0.6) is 11.5 Å². The van der Waals surface area contributed by atoms with Crippen molar-refractivity contribution in [2.45, 2.75) is 116 Å². The van der Waals surface area contributed by atoms with Crippen LogP contribution in [0.2, 0.25) is 0 Å². The average molecular weight is 522 g/mol. The first kappa shape index (κ1) is 31.6. The molecule has 0 aliphatic heterocycles. The summed E-state index contributed by atoms with van der Waals surface area (Å²) in [6.07, 6.45) is 18.6. The molecule has 2 rings (SSSR count). The van der Waals surface area contributed by atoms with Gasteiger partial charge in [-0.2, -0.15) is 0 Å². The number of hydrogen-bond donors (Lipinski definition) is 0.